The summed E-state index contributed by atoms with van der Waals surface area (Å²) in [4.78, 5) is 14.9. The molecule has 2 aromatic carbocycles. The molecule has 0 spiro atoms. The highest BCUT2D eigenvalue weighted by molar-refractivity contribution is 5.88. The van der Waals surface area contributed by atoms with E-state index in [-0.39, 0.29) is 5.69 Å². The van der Waals surface area contributed by atoms with E-state index in [1.165, 1.54) is 12.1 Å². The summed E-state index contributed by atoms with van der Waals surface area (Å²) in [6.07, 6.45) is 5.61. The van der Waals surface area contributed by atoms with Crippen LogP contribution in [-0.4, -0.2) is 17.0 Å². The minimum atomic E-state index is -0.434. The summed E-state index contributed by atoms with van der Waals surface area (Å²) in [5, 5.41) is 11.6. The second-order valence-electron chi connectivity index (χ2n) is 4.89. The van der Waals surface area contributed by atoms with Crippen molar-refractivity contribution in [1.29, 1.82) is 0 Å². The number of hydrogen-bond donors (Lipinski definition) is 0. The topological polar surface area (TPSA) is 65.3 Å². The van der Waals surface area contributed by atoms with Gasteiger partial charge in [-0.05, 0) is 36.4 Å². The molecule has 0 N–H and O–H groups in total. The molecule has 112 valence electrons. The summed E-state index contributed by atoms with van der Waals surface area (Å²) in [5.41, 5.74) is 2.92. The van der Waals surface area contributed by atoms with E-state index in [1.807, 2.05) is 18.2 Å². The lowest BCUT2D eigenvalue weighted by Gasteiger charge is -2.08. The van der Waals surface area contributed by atoms with E-state index in [4.69, 9.17) is 11.2 Å². The van der Waals surface area contributed by atoms with Crippen molar-refractivity contribution >= 4 is 16.6 Å². The fraction of sp³-hybridized carbons (Fsp3) is 0.0556. The van der Waals surface area contributed by atoms with Gasteiger partial charge in [0.15, 0.2) is 0 Å². The number of pyridine rings is 1. The molecule has 0 fully saturated rings. The number of fused-ring (bicyclic) bond motifs is 1. The maximum atomic E-state index is 10.7. The third-order valence-corrected chi connectivity index (χ3v) is 3.55. The van der Waals surface area contributed by atoms with Crippen LogP contribution in [0.4, 0.5) is 5.69 Å². The maximum Gasteiger partial charge on any atom is 0.269 e. The van der Waals surface area contributed by atoms with Crippen LogP contribution in [-0.2, 0) is 0 Å². The van der Waals surface area contributed by atoms with E-state index in [1.54, 1.807) is 25.3 Å². The molecule has 0 amide bonds. The van der Waals surface area contributed by atoms with E-state index in [9.17, 15) is 10.1 Å². The van der Waals surface area contributed by atoms with Crippen LogP contribution in [0.3, 0.4) is 0 Å². The van der Waals surface area contributed by atoms with Crippen molar-refractivity contribution in [1.82, 2.24) is 4.98 Å². The Morgan fingerprint density at radius 1 is 1.17 bits per heavy atom. The van der Waals surface area contributed by atoms with Gasteiger partial charge in [-0.15, -0.1) is 6.42 Å². The molecule has 5 heteroatoms. The Labute approximate surface area is 132 Å². The molecule has 0 aliphatic carbocycles. The molecule has 0 aliphatic heterocycles. The van der Waals surface area contributed by atoms with Crippen molar-refractivity contribution in [2.75, 3.05) is 7.11 Å². The van der Waals surface area contributed by atoms with Crippen LogP contribution in [0, 0.1) is 22.5 Å². The fourth-order valence-electron chi connectivity index (χ4n) is 2.35. The minimum absolute atomic E-state index is 0.0384. The minimum Gasteiger partial charge on any atom is -0.497 e. The highest BCUT2D eigenvalue weighted by Gasteiger charge is 2.10. The first-order valence-electron chi connectivity index (χ1n) is 6.82. The van der Waals surface area contributed by atoms with Crippen LogP contribution >= 0.6 is 0 Å². The smallest absolute Gasteiger partial charge is 0.269 e. The number of nitro benzene ring substituents is 1. The summed E-state index contributed by atoms with van der Waals surface area (Å²) < 4.78 is 5.21. The van der Waals surface area contributed by atoms with Crippen molar-refractivity contribution < 1.29 is 9.66 Å². The van der Waals surface area contributed by atoms with Gasteiger partial charge in [-0.2, -0.15) is 0 Å². The monoisotopic (exact) mass is 304 g/mol. The average Bonchev–Trinajstić information content (AvgIpc) is 2.60. The molecule has 0 radical (unpaired) electrons. The number of nitrogens with zero attached hydrogens (tertiary/aromatic N) is 2. The fourth-order valence-corrected chi connectivity index (χ4v) is 2.35. The predicted octanol–water partition coefficient (Wildman–Crippen LogP) is 3.80. The Kier molecular flexibility index (Phi) is 3.65. The third-order valence-electron chi connectivity index (χ3n) is 3.55. The van der Waals surface area contributed by atoms with Gasteiger partial charge in [0.05, 0.1) is 23.2 Å². The molecule has 3 rings (SSSR count). The van der Waals surface area contributed by atoms with E-state index in [0.29, 0.717) is 17.0 Å². The maximum absolute atomic E-state index is 10.7. The third kappa shape index (κ3) is 2.70. The molecule has 0 saturated heterocycles. The number of rotatable bonds is 3. The van der Waals surface area contributed by atoms with Crippen molar-refractivity contribution in [3.63, 3.8) is 0 Å². The van der Waals surface area contributed by atoms with Gasteiger partial charge in [-0.1, -0.05) is 5.92 Å². The van der Waals surface area contributed by atoms with Gasteiger partial charge in [0.2, 0.25) is 0 Å². The Morgan fingerprint density at radius 3 is 2.52 bits per heavy atom. The molecule has 3 aromatic rings. The van der Waals surface area contributed by atoms with Gasteiger partial charge < -0.3 is 4.74 Å². The molecular weight excluding hydrogens is 292 g/mol. The quantitative estimate of drug-likeness (QED) is 0.419. The van der Waals surface area contributed by atoms with Gasteiger partial charge >= 0.3 is 0 Å². The SMILES string of the molecule is C#Cc1cc(-c2ccc([N+](=O)[O-])cc2)nc2ccc(OC)cc12. The standard InChI is InChI=1S/C18H12N2O3/c1-3-12-10-18(13-4-6-14(7-5-13)20(21)22)19-17-9-8-15(23-2)11-16(12)17/h1,4-11H,2H3. The summed E-state index contributed by atoms with van der Waals surface area (Å²) >= 11 is 0. The van der Waals surface area contributed by atoms with Gasteiger partial charge in [-0.25, -0.2) is 4.98 Å². The first-order chi connectivity index (χ1) is 11.1. The van der Waals surface area contributed by atoms with Crippen LogP contribution in [0.2, 0.25) is 0 Å². The van der Waals surface area contributed by atoms with Crippen LogP contribution in [0.1, 0.15) is 5.56 Å². The Bertz CT molecular complexity index is 941. The molecule has 5 nitrogen and oxygen atoms in total. The lowest BCUT2D eigenvalue weighted by atomic mass is 10.0. The highest BCUT2D eigenvalue weighted by atomic mass is 16.6. The van der Waals surface area contributed by atoms with Gasteiger partial charge in [0, 0.05) is 28.6 Å². The van der Waals surface area contributed by atoms with E-state index < -0.39 is 4.92 Å². The normalized spacial score (nSPS) is 10.3. The number of ether oxygens (including phenoxy) is 1. The second kappa shape index (κ2) is 5.78. The predicted molar refractivity (Wildman–Crippen MR) is 88.3 cm³/mol. The van der Waals surface area contributed by atoms with Gasteiger partial charge in [-0.3, -0.25) is 10.1 Å². The zero-order valence-corrected chi connectivity index (χ0v) is 12.3. The molecule has 1 aromatic heterocycles. The largest absolute Gasteiger partial charge is 0.497 e. The summed E-state index contributed by atoms with van der Waals surface area (Å²) in [7, 11) is 1.59. The molecule has 23 heavy (non-hydrogen) atoms. The molecule has 0 bridgehead atoms. The first kappa shape index (κ1) is 14.5. The Hall–Kier alpha value is -3.39. The molecule has 0 unspecified atom stereocenters. The van der Waals surface area contributed by atoms with Crippen molar-refractivity contribution in [2.24, 2.45) is 0 Å². The molecule has 0 aliphatic rings. The number of aromatic nitrogens is 1. The summed E-state index contributed by atoms with van der Waals surface area (Å²) in [6.45, 7) is 0. The summed E-state index contributed by atoms with van der Waals surface area (Å²) in [6, 6.07) is 13.5. The Balaban J connectivity index is 2.15. The molecule has 0 saturated carbocycles. The molecule has 1 heterocycles. The lowest BCUT2D eigenvalue weighted by Crippen LogP contribution is -1.92. The Morgan fingerprint density at radius 2 is 1.91 bits per heavy atom. The summed E-state index contributed by atoms with van der Waals surface area (Å²) in [5.74, 6) is 3.36. The number of hydrogen-bond acceptors (Lipinski definition) is 4. The number of benzene rings is 2. The van der Waals surface area contributed by atoms with Crippen LogP contribution in [0.15, 0.2) is 48.5 Å². The molecular formula is C18H12N2O3. The zero-order chi connectivity index (χ0) is 16.4. The van der Waals surface area contributed by atoms with Crippen molar-refractivity contribution in [3.8, 4) is 29.4 Å². The number of methoxy groups -OCH3 is 1. The van der Waals surface area contributed by atoms with Crippen LogP contribution in [0.5, 0.6) is 5.75 Å². The zero-order valence-electron chi connectivity index (χ0n) is 12.3. The number of nitro groups is 1. The van der Waals surface area contributed by atoms with Crippen molar-refractivity contribution in [2.45, 2.75) is 0 Å². The number of non-ortho nitro benzene ring substituents is 1. The van der Waals surface area contributed by atoms with Crippen LogP contribution in [0.25, 0.3) is 22.2 Å². The molecule has 0 atom stereocenters. The second-order valence-corrected chi connectivity index (χ2v) is 4.89. The van der Waals surface area contributed by atoms with E-state index in [0.717, 1.165) is 16.5 Å². The number of terminal acetylenes is 1. The van der Waals surface area contributed by atoms with Crippen molar-refractivity contribution in [3.05, 3.63) is 64.2 Å². The van der Waals surface area contributed by atoms with Gasteiger partial charge in [0.25, 0.3) is 5.69 Å². The highest BCUT2D eigenvalue weighted by Crippen LogP contribution is 2.28. The van der Waals surface area contributed by atoms with E-state index in [2.05, 4.69) is 10.9 Å². The first-order valence-corrected chi connectivity index (χ1v) is 6.82. The van der Waals surface area contributed by atoms with Crippen LogP contribution < -0.4 is 4.74 Å². The average molecular weight is 304 g/mol. The lowest BCUT2D eigenvalue weighted by molar-refractivity contribution is -0.384. The van der Waals surface area contributed by atoms with Gasteiger partial charge in [0.1, 0.15) is 5.75 Å². The van der Waals surface area contributed by atoms with E-state index >= 15 is 0 Å².